The fraction of sp³-hybridized carbons (Fsp3) is 0.105. The van der Waals surface area contributed by atoms with E-state index in [1.165, 1.54) is 43.6 Å². The summed E-state index contributed by atoms with van der Waals surface area (Å²) in [5.41, 5.74) is 1.11. The highest BCUT2D eigenvalue weighted by Gasteiger charge is 2.14. The number of rotatable bonds is 5. The summed E-state index contributed by atoms with van der Waals surface area (Å²) in [4.78, 5) is 27.6. The van der Waals surface area contributed by atoms with Crippen LogP contribution in [0.4, 0.5) is 4.39 Å². The third-order valence-corrected chi connectivity index (χ3v) is 3.53. The van der Waals surface area contributed by atoms with E-state index in [4.69, 9.17) is 9.15 Å². The van der Waals surface area contributed by atoms with Crippen molar-refractivity contribution < 1.29 is 27.9 Å². The molecule has 0 aliphatic rings. The highest BCUT2D eigenvalue weighted by molar-refractivity contribution is 5.95. The number of aromatic nitrogens is 1. The smallest absolute Gasteiger partial charge is 0.338 e. The standard InChI is InChI=1S/C19H14FNO5/c1-24-18(22)13-3-2-4-14(9-13)19(23)25-11-17-21-10-16(26-17)12-5-7-15(20)8-6-12/h2-10H,11H2,1H3. The van der Waals surface area contributed by atoms with Crippen molar-refractivity contribution in [1.82, 2.24) is 4.98 Å². The molecular weight excluding hydrogens is 341 g/mol. The van der Waals surface area contributed by atoms with Crippen LogP contribution in [0.2, 0.25) is 0 Å². The van der Waals surface area contributed by atoms with Gasteiger partial charge in [-0.15, -0.1) is 0 Å². The van der Waals surface area contributed by atoms with E-state index in [0.29, 0.717) is 11.3 Å². The van der Waals surface area contributed by atoms with Gasteiger partial charge in [0.2, 0.25) is 5.89 Å². The Bertz CT molecular complexity index is 933. The molecule has 3 rings (SSSR count). The molecule has 0 fully saturated rings. The number of esters is 2. The number of hydrogen-bond donors (Lipinski definition) is 0. The van der Waals surface area contributed by atoms with Gasteiger partial charge in [0, 0.05) is 5.56 Å². The average Bonchev–Trinajstić information content (AvgIpc) is 3.15. The van der Waals surface area contributed by atoms with Crippen LogP contribution in [0.3, 0.4) is 0 Å². The maximum atomic E-state index is 12.9. The summed E-state index contributed by atoms with van der Waals surface area (Å²) in [5.74, 6) is -0.893. The first-order valence-corrected chi connectivity index (χ1v) is 7.63. The highest BCUT2D eigenvalue weighted by atomic mass is 19.1. The lowest BCUT2D eigenvalue weighted by Crippen LogP contribution is -2.08. The molecule has 132 valence electrons. The van der Waals surface area contributed by atoms with E-state index in [-0.39, 0.29) is 29.4 Å². The van der Waals surface area contributed by atoms with E-state index in [2.05, 4.69) is 9.72 Å². The molecule has 0 radical (unpaired) electrons. The molecule has 7 heteroatoms. The molecule has 0 saturated heterocycles. The number of hydrogen-bond acceptors (Lipinski definition) is 6. The zero-order valence-corrected chi connectivity index (χ0v) is 13.8. The minimum Gasteiger partial charge on any atom is -0.465 e. The lowest BCUT2D eigenvalue weighted by molar-refractivity contribution is 0.0439. The Morgan fingerprint density at radius 3 is 2.46 bits per heavy atom. The van der Waals surface area contributed by atoms with Crippen molar-refractivity contribution in [3.8, 4) is 11.3 Å². The van der Waals surface area contributed by atoms with Gasteiger partial charge < -0.3 is 13.9 Å². The van der Waals surface area contributed by atoms with E-state index in [1.807, 2.05) is 0 Å². The monoisotopic (exact) mass is 355 g/mol. The van der Waals surface area contributed by atoms with Gasteiger partial charge in [0.05, 0.1) is 24.4 Å². The Labute approximate surface area is 148 Å². The third-order valence-electron chi connectivity index (χ3n) is 3.53. The number of halogens is 1. The highest BCUT2D eigenvalue weighted by Crippen LogP contribution is 2.21. The quantitative estimate of drug-likeness (QED) is 0.651. The molecule has 1 aromatic heterocycles. The lowest BCUT2D eigenvalue weighted by Gasteiger charge is -2.04. The summed E-state index contributed by atoms with van der Waals surface area (Å²) < 4.78 is 28.2. The van der Waals surface area contributed by atoms with Crippen LogP contribution in [0.1, 0.15) is 26.6 Å². The SMILES string of the molecule is COC(=O)c1cccc(C(=O)OCc2ncc(-c3ccc(F)cc3)o2)c1. The molecule has 0 amide bonds. The maximum Gasteiger partial charge on any atom is 0.338 e. The van der Waals surface area contributed by atoms with Crippen molar-refractivity contribution in [2.24, 2.45) is 0 Å². The summed E-state index contributed by atoms with van der Waals surface area (Å²) in [6.07, 6.45) is 1.47. The number of carbonyl (C=O) groups is 2. The number of carbonyl (C=O) groups excluding carboxylic acids is 2. The second-order valence-corrected chi connectivity index (χ2v) is 5.27. The first-order valence-electron chi connectivity index (χ1n) is 7.63. The van der Waals surface area contributed by atoms with Crippen molar-refractivity contribution in [3.63, 3.8) is 0 Å². The van der Waals surface area contributed by atoms with Crippen LogP contribution in [0.15, 0.2) is 59.1 Å². The van der Waals surface area contributed by atoms with Gasteiger partial charge in [-0.2, -0.15) is 0 Å². The number of nitrogens with zero attached hydrogens (tertiary/aromatic N) is 1. The predicted molar refractivity (Wildman–Crippen MR) is 88.8 cm³/mol. The molecule has 0 unspecified atom stereocenters. The van der Waals surface area contributed by atoms with Crippen LogP contribution in [0.5, 0.6) is 0 Å². The predicted octanol–water partition coefficient (Wildman–Crippen LogP) is 3.62. The molecule has 0 spiro atoms. The molecule has 26 heavy (non-hydrogen) atoms. The van der Waals surface area contributed by atoms with E-state index >= 15 is 0 Å². The van der Waals surface area contributed by atoms with Crippen LogP contribution in [0.25, 0.3) is 11.3 Å². The Kier molecular flexibility index (Phi) is 5.07. The molecule has 2 aromatic carbocycles. The summed E-state index contributed by atoms with van der Waals surface area (Å²) in [6, 6.07) is 11.7. The number of benzene rings is 2. The van der Waals surface area contributed by atoms with Crippen LogP contribution in [0, 0.1) is 5.82 Å². The Morgan fingerprint density at radius 2 is 1.77 bits per heavy atom. The zero-order chi connectivity index (χ0) is 18.5. The largest absolute Gasteiger partial charge is 0.465 e. The molecule has 0 atom stereocenters. The van der Waals surface area contributed by atoms with Crippen molar-refractivity contribution in [2.75, 3.05) is 7.11 Å². The van der Waals surface area contributed by atoms with Gasteiger partial charge in [0.1, 0.15) is 5.82 Å². The molecule has 6 nitrogen and oxygen atoms in total. The van der Waals surface area contributed by atoms with Gasteiger partial charge in [-0.05, 0) is 42.5 Å². The molecule has 0 aliphatic heterocycles. The fourth-order valence-electron chi connectivity index (χ4n) is 2.23. The second-order valence-electron chi connectivity index (χ2n) is 5.27. The van der Waals surface area contributed by atoms with Crippen molar-refractivity contribution >= 4 is 11.9 Å². The summed E-state index contributed by atoms with van der Waals surface area (Å²) in [5, 5.41) is 0. The minimum atomic E-state index is -0.628. The normalized spacial score (nSPS) is 10.4. The second kappa shape index (κ2) is 7.60. The minimum absolute atomic E-state index is 0.178. The number of ether oxygens (including phenoxy) is 2. The Hall–Kier alpha value is -3.48. The first-order chi connectivity index (χ1) is 12.6. The zero-order valence-electron chi connectivity index (χ0n) is 13.8. The molecule has 0 saturated carbocycles. The molecule has 0 N–H and O–H groups in total. The maximum absolute atomic E-state index is 12.9. The number of methoxy groups -OCH3 is 1. The summed E-state index contributed by atoms with van der Waals surface area (Å²) in [6.45, 7) is -0.178. The van der Waals surface area contributed by atoms with Crippen molar-refractivity contribution in [3.05, 3.63) is 77.6 Å². The van der Waals surface area contributed by atoms with Gasteiger partial charge >= 0.3 is 11.9 Å². The van der Waals surface area contributed by atoms with Gasteiger partial charge in [-0.25, -0.2) is 19.0 Å². The van der Waals surface area contributed by atoms with Crippen LogP contribution in [-0.4, -0.2) is 24.0 Å². The van der Waals surface area contributed by atoms with Gasteiger partial charge in [0.15, 0.2) is 12.4 Å². The number of oxazole rings is 1. The fourth-order valence-corrected chi connectivity index (χ4v) is 2.23. The summed E-state index contributed by atoms with van der Waals surface area (Å²) >= 11 is 0. The third kappa shape index (κ3) is 3.94. The van der Waals surface area contributed by atoms with Gasteiger partial charge in [-0.1, -0.05) is 6.07 Å². The first kappa shape index (κ1) is 17.3. The van der Waals surface area contributed by atoms with Gasteiger partial charge in [-0.3, -0.25) is 0 Å². The van der Waals surface area contributed by atoms with Crippen molar-refractivity contribution in [2.45, 2.75) is 6.61 Å². The Balaban J connectivity index is 1.65. The molecule has 1 heterocycles. The molecular formula is C19H14FNO5. The van der Waals surface area contributed by atoms with Crippen LogP contribution in [-0.2, 0) is 16.1 Å². The average molecular weight is 355 g/mol. The van der Waals surface area contributed by atoms with E-state index < -0.39 is 11.9 Å². The molecule has 0 aliphatic carbocycles. The van der Waals surface area contributed by atoms with E-state index in [0.717, 1.165) is 0 Å². The molecule has 3 aromatic rings. The molecule has 0 bridgehead atoms. The topological polar surface area (TPSA) is 78.6 Å². The lowest BCUT2D eigenvalue weighted by atomic mass is 10.1. The van der Waals surface area contributed by atoms with Crippen LogP contribution >= 0.6 is 0 Å². The van der Waals surface area contributed by atoms with Crippen LogP contribution < -0.4 is 0 Å². The van der Waals surface area contributed by atoms with E-state index in [9.17, 15) is 14.0 Å². The van der Waals surface area contributed by atoms with E-state index in [1.54, 1.807) is 18.2 Å². The van der Waals surface area contributed by atoms with Gasteiger partial charge in [0.25, 0.3) is 0 Å². The Morgan fingerprint density at radius 1 is 1.08 bits per heavy atom. The van der Waals surface area contributed by atoms with Crippen molar-refractivity contribution in [1.29, 1.82) is 0 Å². The summed E-state index contributed by atoms with van der Waals surface area (Å²) in [7, 11) is 1.26.